The van der Waals surface area contributed by atoms with E-state index in [1.165, 1.54) is 13.2 Å². The number of hydrogen-bond donors (Lipinski definition) is 1. The van der Waals surface area contributed by atoms with Crippen molar-refractivity contribution in [3.63, 3.8) is 0 Å². The average Bonchev–Trinajstić information content (AvgIpc) is 3.03. The summed E-state index contributed by atoms with van der Waals surface area (Å²) >= 11 is 0. The molecule has 0 aliphatic rings. The van der Waals surface area contributed by atoms with Crippen molar-refractivity contribution in [3.8, 4) is 5.75 Å². The number of aliphatic imine (C=N–C) groups is 1. The predicted molar refractivity (Wildman–Crippen MR) is 102 cm³/mol. The molecule has 1 aromatic carbocycles. The normalized spacial score (nSPS) is 11.5. The van der Waals surface area contributed by atoms with E-state index in [4.69, 9.17) is 4.74 Å². The van der Waals surface area contributed by atoms with Crippen LogP contribution in [0.3, 0.4) is 0 Å². The molecule has 0 spiro atoms. The summed E-state index contributed by atoms with van der Waals surface area (Å²) in [5.74, 6) is 1.74. The third kappa shape index (κ3) is 5.47. The van der Waals surface area contributed by atoms with Gasteiger partial charge in [-0.1, -0.05) is 6.07 Å². The van der Waals surface area contributed by atoms with E-state index >= 15 is 0 Å². The summed E-state index contributed by atoms with van der Waals surface area (Å²) in [4.78, 5) is 10.5. The SMILES string of the molecule is CN=C(NCCCCn1ccnc1C)N(C)Cc1ccc(OC)c(F)c1. The molecular formula is C19H28FN5O. The van der Waals surface area contributed by atoms with Crippen LogP contribution in [0.1, 0.15) is 24.2 Å². The van der Waals surface area contributed by atoms with Crippen LogP contribution in [0.2, 0.25) is 0 Å². The van der Waals surface area contributed by atoms with Gasteiger partial charge in [-0.15, -0.1) is 0 Å². The van der Waals surface area contributed by atoms with Crippen LogP contribution in [0, 0.1) is 12.7 Å². The molecule has 2 aromatic rings. The van der Waals surface area contributed by atoms with Crippen LogP contribution >= 0.6 is 0 Å². The molecule has 0 atom stereocenters. The highest BCUT2D eigenvalue weighted by Gasteiger charge is 2.09. The summed E-state index contributed by atoms with van der Waals surface area (Å²) in [5.41, 5.74) is 0.865. The number of aromatic nitrogens is 2. The number of hydrogen-bond acceptors (Lipinski definition) is 3. The minimum Gasteiger partial charge on any atom is -0.494 e. The zero-order valence-electron chi connectivity index (χ0n) is 16.0. The highest BCUT2D eigenvalue weighted by Crippen LogP contribution is 2.18. The van der Waals surface area contributed by atoms with Crippen LogP contribution < -0.4 is 10.1 Å². The van der Waals surface area contributed by atoms with E-state index in [9.17, 15) is 4.39 Å². The van der Waals surface area contributed by atoms with Crippen molar-refractivity contribution in [1.29, 1.82) is 0 Å². The first-order valence-corrected chi connectivity index (χ1v) is 8.77. The van der Waals surface area contributed by atoms with Crippen LogP contribution in [-0.4, -0.2) is 48.2 Å². The van der Waals surface area contributed by atoms with Crippen molar-refractivity contribution in [2.24, 2.45) is 4.99 Å². The van der Waals surface area contributed by atoms with Crippen molar-refractivity contribution < 1.29 is 9.13 Å². The Morgan fingerprint density at radius 1 is 1.38 bits per heavy atom. The topological polar surface area (TPSA) is 54.7 Å². The van der Waals surface area contributed by atoms with E-state index in [0.717, 1.165) is 43.3 Å². The van der Waals surface area contributed by atoms with E-state index in [1.54, 1.807) is 13.1 Å². The van der Waals surface area contributed by atoms with Gasteiger partial charge in [0.2, 0.25) is 0 Å². The van der Waals surface area contributed by atoms with E-state index in [0.29, 0.717) is 6.54 Å². The lowest BCUT2D eigenvalue weighted by atomic mass is 10.2. The van der Waals surface area contributed by atoms with Crippen LogP contribution in [0.4, 0.5) is 4.39 Å². The van der Waals surface area contributed by atoms with E-state index < -0.39 is 0 Å². The number of halogens is 1. The summed E-state index contributed by atoms with van der Waals surface area (Å²) in [6.45, 7) is 4.38. The molecule has 0 bridgehead atoms. The Kier molecular flexibility index (Phi) is 7.44. The second-order valence-corrected chi connectivity index (χ2v) is 6.17. The van der Waals surface area contributed by atoms with Crippen molar-refractivity contribution in [2.75, 3.05) is 27.7 Å². The molecule has 0 aliphatic heterocycles. The second kappa shape index (κ2) is 9.79. The lowest BCUT2D eigenvalue weighted by molar-refractivity contribution is 0.385. The number of rotatable bonds is 8. The zero-order valence-corrected chi connectivity index (χ0v) is 16.0. The Bertz CT molecular complexity index is 728. The van der Waals surface area contributed by atoms with Gasteiger partial charge in [-0.05, 0) is 37.5 Å². The van der Waals surface area contributed by atoms with E-state index in [2.05, 4.69) is 19.9 Å². The quantitative estimate of drug-likeness (QED) is 0.446. The van der Waals surface area contributed by atoms with Crippen LogP contribution in [-0.2, 0) is 13.1 Å². The van der Waals surface area contributed by atoms with Gasteiger partial charge in [0.25, 0.3) is 0 Å². The van der Waals surface area contributed by atoms with Gasteiger partial charge in [0.05, 0.1) is 7.11 Å². The molecule has 0 radical (unpaired) electrons. The largest absolute Gasteiger partial charge is 0.494 e. The lowest BCUT2D eigenvalue weighted by Gasteiger charge is -2.22. The number of guanidine groups is 1. The molecule has 0 saturated heterocycles. The Hall–Kier alpha value is -2.57. The Morgan fingerprint density at radius 2 is 2.19 bits per heavy atom. The molecule has 1 heterocycles. The van der Waals surface area contributed by atoms with Crippen LogP contribution in [0.25, 0.3) is 0 Å². The van der Waals surface area contributed by atoms with Gasteiger partial charge in [0.1, 0.15) is 5.82 Å². The lowest BCUT2D eigenvalue weighted by Crippen LogP contribution is -2.38. The second-order valence-electron chi connectivity index (χ2n) is 6.17. The first-order valence-electron chi connectivity index (χ1n) is 8.77. The van der Waals surface area contributed by atoms with E-state index in [-0.39, 0.29) is 11.6 Å². The Morgan fingerprint density at radius 3 is 2.81 bits per heavy atom. The number of nitrogens with zero attached hydrogens (tertiary/aromatic N) is 4. The summed E-state index contributed by atoms with van der Waals surface area (Å²) in [6, 6.07) is 5.00. The van der Waals surface area contributed by atoms with Gasteiger partial charge in [-0.3, -0.25) is 4.99 Å². The molecule has 142 valence electrons. The molecule has 0 unspecified atom stereocenters. The molecule has 26 heavy (non-hydrogen) atoms. The van der Waals surface area contributed by atoms with Crippen LogP contribution in [0.15, 0.2) is 35.6 Å². The summed E-state index contributed by atoms with van der Waals surface area (Å²) in [6.07, 6.45) is 5.92. The minimum atomic E-state index is -0.351. The average molecular weight is 361 g/mol. The molecule has 0 saturated carbocycles. The molecule has 6 nitrogen and oxygen atoms in total. The minimum absolute atomic E-state index is 0.257. The van der Waals surface area contributed by atoms with E-state index in [1.807, 2.05) is 37.3 Å². The number of unbranched alkanes of at least 4 members (excludes halogenated alkanes) is 1. The molecule has 1 N–H and O–H groups in total. The number of benzene rings is 1. The fourth-order valence-corrected chi connectivity index (χ4v) is 2.79. The highest BCUT2D eigenvalue weighted by molar-refractivity contribution is 5.79. The molecule has 0 aliphatic carbocycles. The van der Waals surface area contributed by atoms with Gasteiger partial charge < -0.3 is 19.5 Å². The molecule has 2 rings (SSSR count). The van der Waals surface area contributed by atoms with Crippen LogP contribution in [0.5, 0.6) is 5.75 Å². The molecule has 1 aromatic heterocycles. The van der Waals surface area contributed by atoms with Gasteiger partial charge in [0.15, 0.2) is 17.5 Å². The first-order chi connectivity index (χ1) is 12.5. The van der Waals surface area contributed by atoms with Crippen molar-refractivity contribution in [2.45, 2.75) is 32.9 Å². The summed E-state index contributed by atoms with van der Waals surface area (Å²) < 4.78 is 20.9. The van der Waals surface area contributed by atoms with Crippen molar-refractivity contribution in [3.05, 3.63) is 47.8 Å². The van der Waals surface area contributed by atoms with Gasteiger partial charge >= 0.3 is 0 Å². The number of nitrogens with one attached hydrogen (secondary N) is 1. The predicted octanol–water partition coefficient (Wildman–Crippen LogP) is 2.83. The van der Waals surface area contributed by atoms with Gasteiger partial charge in [-0.2, -0.15) is 0 Å². The molecule has 7 heteroatoms. The maximum Gasteiger partial charge on any atom is 0.193 e. The fraction of sp³-hybridized carbons (Fsp3) is 0.474. The maximum absolute atomic E-state index is 13.8. The Labute approximate surface area is 154 Å². The third-order valence-electron chi connectivity index (χ3n) is 4.24. The monoisotopic (exact) mass is 361 g/mol. The number of methoxy groups -OCH3 is 1. The maximum atomic E-state index is 13.8. The number of imidazole rings is 1. The Balaban J connectivity index is 1.76. The van der Waals surface area contributed by atoms with Gasteiger partial charge in [0, 0.05) is 46.1 Å². The standard InChI is InChI=1S/C19H28FN5O/c1-15-22-10-12-25(15)11-6-5-9-23-19(21-2)24(3)14-16-7-8-18(26-4)17(20)13-16/h7-8,10,12-13H,5-6,9,11,14H2,1-4H3,(H,21,23). The summed E-state index contributed by atoms with van der Waals surface area (Å²) in [5, 5.41) is 3.35. The van der Waals surface area contributed by atoms with Crippen molar-refractivity contribution >= 4 is 5.96 Å². The number of aryl methyl sites for hydroxylation is 2. The fourth-order valence-electron chi connectivity index (χ4n) is 2.79. The highest BCUT2D eigenvalue weighted by atomic mass is 19.1. The smallest absolute Gasteiger partial charge is 0.193 e. The summed E-state index contributed by atoms with van der Waals surface area (Å²) in [7, 11) is 5.15. The van der Waals surface area contributed by atoms with Crippen molar-refractivity contribution in [1.82, 2.24) is 19.8 Å². The number of ether oxygens (including phenoxy) is 1. The third-order valence-corrected chi connectivity index (χ3v) is 4.24. The molecular weight excluding hydrogens is 333 g/mol. The first kappa shape index (κ1) is 19.8. The van der Waals surface area contributed by atoms with Gasteiger partial charge in [-0.25, -0.2) is 9.37 Å². The molecule has 0 fully saturated rings. The molecule has 0 amide bonds. The zero-order chi connectivity index (χ0) is 18.9.